The fourth-order valence-corrected chi connectivity index (χ4v) is 4.16. The molecule has 0 radical (unpaired) electrons. The van der Waals surface area contributed by atoms with Gasteiger partial charge in [-0.2, -0.15) is 0 Å². The van der Waals surface area contributed by atoms with E-state index < -0.39 is 23.5 Å². The van der Waals surface area contributed by atoms with Crippen molar-refractivity contribution < 1.29 is 23.8 Å². The minimum atomic E-state index is -1.08. The molecule has 2 aromatic carbocycles. The maximum Gasteiger partial charge on any atom is 0.410 e. The van der Waals surface area contributed by atoms with Crippen molar-refractivity contribution in [2.24, 2.45) is 0 Å². The smallest absolute Gasteiger partial charge is 0.410 e. The van der Waals surface area contributed by atoms with E-state index in [1.807, 2.05) is 20.8 Å². The molecule has 1 amide bonds. The van der Waals surface area contributed by atoms with Crippen molar-refractivity contribution in [2.45, 2.75) is 52.2 Å². The van der Waals surface area contributed by atoms with Crippen LogP contribution < -0.4 is 0 Å². The summed E-state index contributed by atoms with van der Waals surface area (Å²) < 4.78 is 20.6. The lowest BCUT2D eigenvalue weighted by atomic mass is 10.0. The SMILES string of the molecule is Cc1ccc2[nH]c(-c3ccc([C@@H]4CCCN4C(=O)OC(C)(C)C)cc3F)nc2c1C(=O)O. The standard InChI is InChI=1S/C24H26FN3O4/c1-13-7-10-17-20(19(13)22(29)30)27-21(26-17)15-9-8-14(12-16(15)25)18-6-5-11-28(18)23(31)32-24(2,3)4/h7-10,12,18H,5-6,11H2,1-4H3,(H,26,27)(H,29,30)/t18-/m0/s1. The first-order chi connectivity index (χ1) is 15.0. The van der Waals surface area contributed by atoms with Gasteiger partial charge in [0, 0.05) is 6.54 Å². The van der Waals surface area contributed by atoms with Crippen LogP contribution in [0.3, 0.4) is 0 Å². The Bertz CT molecular complexity index is 1210. The van der Waals surface area contributed by atoms with E-state index in [1.165, 1.54) is 6.07 Å². The second-order valence-electron chi connectivity index (χ2n) is 9.12. The molecule has 4 rings (SSSR count). The highest BCUT2D eigenvalue weighted by Crippen LogP contribution is 2.35. The number of aryl methyl sites for hydroxylation is 1. The number of hydrogen-bond acceptors (Lipinski definition) is 4. The van der Waals surface area contributed by atoms with Crippen molar-refractivity contribution in [3.8, 4) is 11.4 Å². The van der Waals surface area contributed by atoms with Gasteiger partial charge in [-0.25, -0.2) is 19.0 Å². The van der Waals surface area contributed by atoms with E-state index in [0.717, 1.165) is 12.8 Å². The van der Waals surface area contributed by atoms with Gasteiger partial charge in [0.15, 0.2) is 0 Å². The number of carbonyl (C=O) groups is 2. The molecule has 168 valence electrons. The van der Waals surface area contributed by atoms with Gasteiger partial charge in [-0.05, 0) is 69.9 Å². The quantitative estimate of drug-likeness (QED) is 0.566. The van der Waals surface area contributed by atoms with E-state index in [2.05, 4.69) is 9.97 Å². The van der Waals surface area contributed by atoms with Crippen molar-refractivity contribution in [3.05, 3.63) is 52.8 Å². The van der Waals surface area contributed by atoms with E-state index in [-0.39, 0.29) is 23.0 Å². The van der Waals surface area contributed by atoms with Gasteiger partial charge in [0.1, 0.15) is 22.8 Å². The summed E-state index contributed by atoms with van der Waals surface area (Å²) in [5, 5.41) is 9.53. The Hall–Kier alpha value is -3.42. The number of carboxylic acids is 1. The number of aromatic amines is 1. The predicted molar refractivity (Wildman–Crippen MR) is 118 cm³/mol. The number of rotatable bonds is 3. The number of aromatic carboxylic acids is 1. The number of benzene rings is 2. The van der Waals surface area contributed by atoms with E-state index in [4.69, 9.17) is 4.74 Å². The lowest BCUT2D eigenvalue weighted by Gasteiger charge is -2.29. The third-order valence-corrected chi connectivity index (χ3v) is 5.59. The van der Waals surface area contributed by atoms with Crippen molar-refractivity contribution in [1.82, 2.24) is 14.9 Å². The highest BCUT2D eigenvalue weighted by atomic mass is 19.1. The molecule has 0 saturated carbocycles. The molecule has 1 aliphatic rings. The van der Waals surface area contributed by atoms with Gasteiger partial charge in [-0.3, -0.25) is 0 Å². The topological polar surface area (TPSA) is 95.5 Å². The molecule has 2 heterocycles. The van der Waals surface area contributed by atoms with Gasteiger partial charge in [-0.15, -0.1) is 0 Å². The normalized spacial score (nSPS) is 16.5. The summed E-state index contributed by atoms with van der Waals surface area (Å²) in [6.45, 7) is 7.70. The van der Waals surface area contributed by atoms with Gasteiger partial charge >= 0.3 is 12.1 Å². The Morgan fingerprint density at radius 3 is 2.66 bits per heavy atom. The average molecular weight is 439 g/mol. The Morgan fingerprint density at radius 2 is 2.00 bits per heavy atom. The van der Waals surface area contributed by atoms with E-state index >= 15 is 4.39 Å². The molecule has 7 nitrogen and oxygen atoms in total. The number of aromatic nitrogens is 2. The summed E-state index contributed by atoms with van der Waals surface area (Å²) in [4.78, 5) is 33.3. The third kappa shape index (κ3) is 4.04. The minimum Gasteiger partial charge on any atom is -0.478 e. The second kappa shape index (κ2) is 7.93. The molecule has 2 N–H and O–H groups in total. The first kappa shape index (κ1) is 21.8. The Kier molecular flexibility index (Phi) is 5.40. The van der Waals surface area contributed by atoms with Crippen LogP contribution >= 0.6 is 0 Å². The van der Waals surface area contributed by atoms with Crippen LogP contribution in [0, 0.1) is 12.7 Å². The first-order valence-corrected chi connectivity index (χ1v) is 10.6. The van der Waals surface area contributed by atoms with Gasteiger partial charge in [0.05, 0.1) is 22.7 Å². The third-order valence-electron chi connectivity index (χ3n) is 5.59. The fraction of sp³-hybridized carbons (Fsp3) is 0.375. The van der Waals surface area contributed by atoms with Gasteiger partial charge in [0.2, 0.25) is 0 Å². The number of halogens is 1. The van der Waals surface area contributed by atoms with Crippen LogP contribution in [0.15, 0.2) is 30.3 Å². The summed E-state index contributed by atoms with van der Waals surface area (Å²) in [7, 11) is 0. The molecule has 1 aromatic heterocycles. The largest absolute Gasteiger partial charge is 0.478 e. The fourth-order valence-electron chi connectivity index (χ4n) is 4.16. The second-order valence-corrected chi connectivity index (χ2v) is 9.12. The molecule has 1 saturated heterocycles. The zero-order valence-corrected chi connectivity index (χ0v) is 18.5. The summed E-state index contributed by atoms with van der Waals surface area (Å²) in [6, 6.07) is 7.98. The number of carbonyl (C=O) groups excluding carboxylic acids is 1. The van der Waals surface area contributed by atoms with E-state index in [1.54, 1.807) is 36.1 Å². The number of likely N-dealkylation sites (tertiary alicyclic amines) is 1. The Morgan fingerprint density at radius 1 is 1.25 bits per heavy atom. The zero-order valence-electron chi connectivity index (χ0n) is 18.5. The van der Waals surface area contributed by atoms with Crippen LogP contribution in [0.25, 0.3) is 22.4 Å². The van der Waals surface area contributed by atoms with Crippen LogP contribution in [-0.2, 0) is 4.74 Å². The maximum absolute atomic E-state index is 15.1. The minimum absolute atomic E-state index is 0.0981. The lowest BCUT2D eigenvalue weighted by Crippen LogP contribution is -2.36. The van der Waals surface area contributed by atoms with Crippen LogP contribution in [-0.4, -0.2) is 44.2 Å². The summed E-state index contributed by atoms with van der Waals surface area (Å²) in [5.74, 6) is -1.32. The van der Waals surface area contributed by atoms with Crippen molar-refractivity contribution in [1.29, 1.82) is 0 Å². The molecule has 1 aliphatic heterocycles. The predicted octanol–water partition coefficient (Wildman–Crippen LogP) is 5.45. The summed E-state index contributed by atoms with van der Waals surface area (Å²) >= 11 is 0. The zero-order chi connectivity index (χ0) is 23.2. The number of imidazole rings is 1. The summed E-state index contributed by atoms with van der Waals surface area (Å²) in [5.41, 5.74) is 1.83. The Balaban J connectivity index is 1.66. The van der Waals surface area contributed by atoms with E-state index in [0.29, 0.717) is 28.7 Å². The highest BCUT2D eigenvalue weighted by molar-refractivity contribution is 6.03. The number of nitrogens with one attached hydrogen (secondary N) is 1. The summed E-state index contributed by atoms with van der Waals surface area (Å²) in [6.07, 6.45) is 1.14. The molecule has 0 bridgehead atoms. The number of hydrogen-bond donors (Lipinski definition) is 2. The number of ether oxygens (including phenoxy) is 1. The molecule has 1 atom stereocenters. The number of H-pyrrole nitrogens is 1. The van der Waals surface area contributed by atoms with Gasteiger partial charge in [0.25, 0.3) is 0 Å². The lowest BCUT2D eigenvalue weighted by molar-refractivity contribution is 0.0224. The molecule has 1 fully saturated rings. The van der Waals surface area contributed by atoms with Gasteiger partial charge in [-0.1, -0.05) is 12.1 Å². The molecule has 0 aliphatic carbocycles. The number of fused-ring (bicyclic) bond motifs is 1. The number of carboxylic acid groups (broad SMARTS) is 1. The molecule has 0 spiro atoms. The Labute approximate surface area is 185 Å². The van der Waals surface area contributed by atoms with Crippen molar-refractivity contribution >= 4 is 23.1 Å². The molecule has 32 heavy (non-hydrogen) atoms. The highest BCUT2D eigenvalue weighted by Gasteiger charge is 2.33. The molecular formula is C24H26FN3O4. The van der Waals surface area contributed by atoms with Crippen LogP contribution in [0.4, 0.5) is 9.18 Å². The van der Waals surface area contributed by atoms with Crippen molar-refractivity contribution in [2.75, 3.05) is 6.54 Å². The van der Waals surface area contributed by atoms with Gasteiger partial charge < -0.3 is 19.7 Å². The molecule has 0 unspecified atom stereocenters. The molecule has 8 heteroatoms. The number of nitrogens with zero attached hydrogens (tertiary/aromatic N) is 2. The molecule has 3 aromatic rings. The molecular weight excluding hydrogens is 413 g/mol. The van der Waals surface area contributed by atoms with Crippen LogP contribution in [0.5, 0.6) is 0 Å². The van der Waals surface area contributed by atoms with Crippen LogP contribution in [0.2, 0.25) is 0 Å². The van der Waals surface area contributed by atoms with Crippen LogP contribution in [0.1, 0.15) is 61.1 Å². The maximum atomic E-state index is 15.1. The monoisotopic (exact) mass is 439 g/mol. The average Bonchev–Trinajstić information content (AvgIpc) is 3.33. The van der Waals surface area contributed by atoms with E-state index in [9.17, 15) is 14.7 Å². The first-order valence-electron chi connectivity index (χ1n) is 10.6. The van der Waals surface area contributed by atoms with Crippen molar-refractivity contribution in [3.63, 3.8) is 0 Å². The number of amides is 1.